The molecule has 0 spiro atoms. The zero-order valence-electron chi connectivity index (χ0n) is 7.32. The number of halogens is 2. The third-order valence-corrected chi connectivity index (χ3v) is 2.43. The van der Waals surface area contributed by atoms with E-state index in [1.54, 1.807) is 6.42 Å². The highest BCUT2D eigenvalue weighted by atomic mass is 19.3. The summed E-state index contributed by atoms with van der Waals surface area (Å²) in [4.78, 5) is 0. The van der Waals surface area contributed by atoms with E-state index in [4.69, 9.17) is 0 Å². The highest BCUT2D eigenvalue weighted by molar-refractivity contribution is 4.97. The van der Waals surface area contributed by atoms with Crippen molar-refractivity contribution in [3.63, 3.8) is 0 Å². The van der Waals surface area contributed by atoms with E-state index in [0.29, 0.717) is 0 Å². The minimum atomic E-state index is -2.55. The lowest BCUT2D eigenvalue weighted by Crippen LogP contribution is -2.38. The monoisotopic (exact) mass is 177 g/mol. The van der Waals surface area contributed by atoms with E-state index in [2.05, 4.69) is 0 Å². The van der Waals surface area contributed by atoms with Crippen LogP contribution in [0.15, 0.2) is 0 Å². The second kappa shape index (κ2) is 3.29. The maximum Gasteiger partial charge on any atom is 0.248 e. The van der Waals surface area contributed by atoms with Gasteiger partial charge >= 0.3 is 0 Å². The van der Waals surface area contributed by atoms with Crippen LogP contribution in [0, 0.1) is 6.42 Å². The van der Waals surface area contributed by atoms with E-state index in [0.717, 1.165) is 6.42 Å². The molecule has 3 heteroatoms. The average molecular weight is 177 g/mol. The van der Waals surface area contributed by atoms with Gasteiger partial charge in [0, 0.05) is 12.8 Å². The Labute approximate surface area is 71.8 Å². The molecule has 1 aliphatic carbocycles. The molecule has 1 rings (SSSR count). The van der Waals surface area contributed by atoms with Crippen LogP contribution in [0.4, 0.5) is 8.78 Å². The Bertz CT molecular complexity index is 147. The quantitative estimate of drug-likeness (QED) is 0.687. The Morgan fingerprint density at radius 2 is 1.75 bits per heavy atom. The van der Waals surface area contributed by atoms with Gasteiger partial charge in [-0.25, -0.2) is 8.78 Å². The second-order valence-electron chi connectivity index (χ2n) is 3.57. The fourth-order valence-corrected chi connectivity index (χ4v) is 1.63. The smallest absolute Gasteiger partial charge is 0.248 e. The van der Waals surface area contributed by atoms with Crippen molar-refractivity contribution in [3.8, 4) is 0 Å². The lowest BCUT2D eigenvalue weighted by Gasteiger charge is -2.35. The highest BCUT2D eigenvalue weighted by Crippen LogP contribution is 2.39. The topological polar surface area (TPSA) is 20.2 Å². The van der Waals surface area contributed by atoms with E-state index >= 15 is 0 Å². The lowest BCUT2D eigenvalue weighted by molar-refractivity contribution is -0.0915. The lowest BCUT2D eigenvalue weighted by atomic mass is 9.80. The Balaban J connectivity index is 2.44. The van der Waals surface area contributed by atoms with Crippen LogP contribution >= 0.6 is 0 Å². The third kappa shape index (κ3) is 2.41. The van der Waals surface area contributed by atoms with Gasteiger partial charge in [0.1, 0.15) is 0 Å². The molecule has 1 aliphatic rings. The molecule has 0 aromatic heterocycles. The zero-order valence-corrected chi connectivity index (χ0v) is 7.32. The van der Waals surface area contributed by atoms with Crippen molar-refractivity contribution in [2.45, 2.75) is 50.6 Å². The summed E-state index contributed by atoms with van der Waals surface area (Å²) in [5.41, 5.74) is -0.920. The van der Waals surface area contributed by atoms with Gasteiger partial charge in [-0.05, 0) is 19.3 Å². The molecular weight excluding hydrogens is 162 g/mol. The fourth-order valence-electron chi connectivity index (χ4n) is 1.63. The van der Waals surface area contributed by atoms with Gasteiger partial charge in [-0.1, -0.05) is 13.3 Å². The molecule has 0 bridgehead atoms. The molecule has 0 saturated heterocycles. The molecule has 71 valence electrons. The van der Waals surface area contributed by atoms with Gasteiger partial charge in [-0.15, -0.1) is 0 Å². The third-order valence-electron chi connectivity index (χ3n) is 2.43. The van der Waals surface area contributed by atoms with Gasteiger partial charge in [0.2, 0.25) is 5.92 Å². The molecule has 1 N–H and O–H groups in total. The predicted molar refractivity (Wildman–Crippen MR) is 43.0 cm³/mol. The second-order valence-corrected chi connectivity index (χ2v) is 3.57. The van der Waals surface area contributed by atoms with Crippen LogP contribution < -0.4 is 0 Å². The summed E-state index contributed by atoms with van der Waals surface area (Å²) in [6.45, 7) is 1.91. The Hall–Kier alpha value is -0.180. The first-order valence-electron chi connectivity index (χ1n) is 4.42. The fraction of sp³-hybridized carbons (Fsp3) is 0.889. The van der Waals surface area contributed by atoms with Crippen molar-refractivity contribution in [1.29, 1.82) is 0 Å². The van der Waals surface area contributed by atoms with E-state index < -0.39 is 11.5 Å². The number of hydrogen-bond donors (Lipinski definition) is 1. The summed E-state index contributed by atoms with van der Waals surface area (Å²) in [5.74, 6) is -2.55. The van der Waals surface area contributed by atoms with Gasteiger partial charge in [-0.3, -0.25) is 0 Å². The summed E-state index contributed by atoms with van der Waals surface area (Å²) >= 11 is 0. The molecule has 0 aliphatic heterocycles. The van der Waals surface area contributed by atoms with Gasteiger partial charge in [-0.2, -0.15) is 0 Å². The van der Waals surface area contributed by atoms with Crippen molar-refractivity contribution in [2.24, 2.45) is 0 Å². The normalized spacial score (nSPS) is 27.0. The molecule has 1 radical (unpaired) electrons. The standard InChI is InChI=1S/C9H15F2O/c1-2-3-8(12)4-6-9(10,11)7-5-8/h3,12H,2,4-7H2,1H3. The molecular formula is C9H15F2O. The van der Waals surface area contributed by atoms with E-state index in [9.17, 15) is 13.9 Å². The predicted octanol–water partition coefficient (Wildman–Crippen LogP) is 2.54. The van der Waals surface area contributed by atoms with Crippen molar-refractivity contribution >= 4 is 0 Å². The number of aliphatic hydroxyl groups is 1. The minimum absolute atomic E-state index is 0.181. The van der Waals surface area contributed by atoms with Crippen LogP contribution in [0.2, 0.25) is 0 Å². The highest BCUT2D eigenvalue weighted by Gasteiger charge is 2.41. The van der Waals surface area contributed by atoms with Crippen molar-refractivity contribution in [1.82, 2.24) is 0 Å². The van der Waals surface area contributed by atoms with Gasteiger partial charge in [0.25, 0.3) is 0 Å². The SMILES string of the molecule is CC[CH]C1(O)CCC(F)(F)CC1. The minimum Gasteiger partial charge on any atom is -0.390 e. The summed E-state index contributed by atoms with van der Waals surface area (Å²) in [6.07, 6.45) is 2.52. The molecule has 1 saturated carbocycles. The van der Waals surface area contributed by atoms with E-state index in [1.807, 2.05) is 6.92 Å². The van der Waals surface area contributed by atoms with Crippen molar-refractivity contribution in [2.75, 3.05) is 0 Å². The zero-order chi connectivity index (χ0) is 9.24. The molecule has 12 heavy (non-hydrogen) atoms. The summed E-state index contributed by atoms with van der Waals surface area (Å²) in [7, 11) is 0. The average Bonchev–Trinajstić information content (AvgIpc) is 1.98. The molecule has 1 fully saturated rings. The van der Waals surface area contributed by atoms with Crippen LogP contribution in [0.3, 0.4) is 0 Å². The largest absolute Gasteiger partial charge is 0.390 e. The first-order valence-corrected chi connectivity index (χ1v) is 4.42. The van der Waals surface area contributed by atoms with Gasteiger partial charge < -0.3 is 5.11 Å². The van der Waals surface area contributed by atoms with Crippen molar-refractivity contribution in [3.05, 3.63) is 6.42 Å². The van der Waals surface area contributed by atoms with Crippen LogP contribution in [0.1, 0.15) is 39.0 Å². The molecule has 1 nitrogen and oxygen atoms in total. The molecule has 0 unspecified atom stereocenters. The number of rotatable bonds is 2. The summed E-state index contributed by atoms with van der Waals surface area (Å²) in [5, 5.41) is 9.71. The summed E-state index contributed by atoms with van der Waals surface area (Å²) < 4.78 is 25.3. The first kappa shape index (κ1) is 9.90. The maximum atomic E-state index is 12.7. The van der Waals surface area contributed by atoms with Gasteiger partial charge in [0.05, 0.1) is 5.60 Å². The van der Waals surface area contributed by atoms with Crippen LogP contribution in [0.5, 0.6) is 0 Å². The van der Waals surface area contributed by atoms with E-state index in [1.165, 1.54) is 0 Å². The number of alkyl halides is 2. The van der Waals surface area contributed by atoms with Crippen LogP contribution in [-0.4, -0.2) is 16.6 Å². The Morgan fingerprint density at radius 3 is 2.17 bits per heavy atom. The molecule has 0 amide bonds. The maximum absolute atomic E-state index is 12.7. The summed E-state index contributed by atoms with van der Waals surface area (Å²) in [6, 6.07) is 0. The Morgan fingerprint density at radius 1 is 1.25 bits per heavy atom. The molecule has 0 heterocycles. The number of hydrogen-bond acceptors (Lipinski definition) is 1. The molecule has 0 aromatic carbocycles. The first-order chi connectivity index (χ1) is 5.47. The molecule has 0 atom stereocenters. The van der Waals surface area contributed by atoms with Crippen molar-refractivity contribution < 1.29 is 13.9 Å². The van der Waals surface area contributed by atoms with E-state index in [-0.39, 0.29) is 25.7 Å². The Kier molecular flexibility index (Phi) is 2.71. The van der Waals surface area contributed by atoms with Crippen LogP contribution in [-0.2, 0) is 0 Å². The van der Waals surface area contributed by atoms with Gasteiger partial charge in [0.15, 0.2) is 0 Å². The van der Waals surface area contributed by atoms with Crippen LogP contribution in [0.25, 0.3) is 0 Å². The molecule has 0 aromatic rings.